The van der Waals surface area contributed by atoms with Gasteiger partial charge in [0.2, 0.25) is 0 Å². The van der Waals surface area contributed by atoms with Gasteiger partial charge in [-0.3, -0.25) is 4.90 Å². The Morgan fingerprint density at radius 1 is 1.62 bits per heavy atom. The van der Waals surface area contributed by atoms with Crippen molar-refractivity contribution < 1.29 is 4.52 Å². The van der Waals surface area contributed by atoms with Crippen LogP contribution in [-0.2, 0) is 6.42 Å². The second-order valence-corrected chi connectivity index (χ2v) is 4.45. The molecule has 1 aromatic rings. The minimum Gasteiger partial charge on any atom is -0.361 e. The van der Waals surface area contributed by atoms with Crippen LogP contribution in [-0.4, -0.2) is 29.7 Å². The highest BCUT2D eigenvalue weighted by atomic mass is 16.5. The standard InChI is InChI=1S/C12H21N3O/c1-2-4-10-9-11(14-16-10)12-5-3-7-15(12)8-6-13/h9,12H,2-8,13H2,1H3/t12-/m0/s1. The number of aromatic nitrogens is 1. The quantitative estimate of drug-likeness (QED) is 0.826. The first-order valence-corrected chi connectivity index (χ1v) is 6.24. The number of likely N-dealkylation sites (tertiary alicyclic amines) is 1. The number of aryl methyl sites for hydroxylation is 1. The number of hydrogen-bond donors (Lipinski definition) is 1. The fraction of sp³-hybridized carbons (Fsp3) is 0.750. The molecule has 0 aliphatic carbocycles. The van der Waals surface area contributed by atoms with Crippen molar-refractivity contribution in [1.29, 1.82) is 0 Å². The maximum absolute atomic E-state index is 5.62. The summed E-state index contributed by atoms with van der Waals surface area (Å²) in [5, 5.41) is 4.19. The SMILES string of the molecule is CCCc1cc([C@@H]2CCCN2CCN)no1. The fourth-order valence-corrected chi connectivity index (χ4v) is 2.44. The molecule has 1 saturated heterocycles. The molecule has 1 fully saturated rings. The van der Waals surface area contributed by atoms with Gasteiger partial charge in [0, 0.05) is 25.6 Å². The van der Waals surface area contributed by atoms with E-state index in [2.05, 4.69) is 23.0 Å². The molecule has 2 rings (SSSR count). The van der Waals surface area contributed by atoms with Crippen LogP contribution >= 0.6 is 0 Å². The Bertz CT molecular complexity index is 324. The molecular weight excluding hydrogens is 202 g/mol. The summed E-state index contributed by atoms with van der Waals surface area (Å²) in [5.41, 5.74) is 6.71. The molecule has 0 amide bonds. The highest BCUT2D eigenvalue weighted by Gasteiger charge is 2.27. The lowest BCUT2D eigenvalue weighted by Crippen LogP contribution is -2.29. The van der Waals surface area contributed by atoms with E-state index in [4.69, 9.17) is 10.3 Å². The molecule has 0 spiro atoms. The van der Waals surface area contributed by atoms with Gasteiger partial charge in [-0.2, -0.15) is 0 Å². The summed E-state index contributed by atoms with van der Waals surface area (Å²) >= 11 is 0. The molecule has 4 heteroatoms. The summed E-state index contributed by atoms with van der Waals surface area (Å²) in [6.45, 7) is 4.97. The van der Waals surface area contributed by atoms with E-state index >= 15 is 0 Å². The predicted molar refractivity (Wildman–Crippen MR) is 63.1 cm³/mol. The monoisotopic (exact) mass is 223 g/mol. The maximum Gasteiger partial charge on any atom is 0.137 e. The summed E-state index contributed by atoms with van der Waals surface area (Å²) in [7, 11) is 0. The lowest BCUT2D eigenvalue weighted by molar-refractivity contribution is 0.251. The average Bonchev–Trinajstić information content (AvgIpc) is 2.87. The Balaban J connectivity index is 2.04. The van der Waals surface area contributed by atoms with Crippen LogP contribution in [0.3, 0.4) is 0 Å². The van der Waals surface area contributed by atoms with Crippen LogP contribution in [0, 0.1) is 0 Å². The Morgan fingerprint density at radius 3 is 3.25 bits per heavy atom. The molecule has 0 unspecified atom stereocenters. The first kappa shape index (κ1) is 11.6. The first-order chi connectivity index (χ1) is 7.85. The van der Waals surface area contributed by atoms with Crippen LogP contribution in [0.25, 0.3) is 0 Å². The summed E-state index contributed by atoms with van der Waals surface area (Å²) in [4.78, 5) is 2.41. The van der Waals surface area contributed by atoms with Gasteiger partial charge in [0.15, 0.2) is 0 Å². The van der Waals surface area contributed by atoms with E-state index in [1.807, 2.05) is 0 Å². The van der Waals surface area contributed by atoms with Crippen LogP contribution in [0.15, 0.2) is 10.6 Å². The molecule has 2 heterocycles. The van der Waals surface area contributed by atoms with Gasteiger partial charge >= 0.3 is 0 Å². The van der Waals surface area contributed by atoms with Gasteiger partial charge in [-0.25, -0.2) is 0 Å². The predicted octanol–water partition coefficient (Wildman–Crippen LogP) is 1.72. The molecule has 90 valence electrons. The third kappa shape index (κ3) is 2.44. The second kappa shape index (κ2) is 5.46. The van der Waals surface area contributed by atoms with Gasteiger partial charge in [0.1, 0.15) is 11.5 Å². The third-order valence-corrected chi connectivity index (χ3v) is 3.19. The molecule has 0 bridgehead atoms. The molecule has 0 radical (unpaired) electrons. The Labute approximate surface area is 96.8 Å². The van der Waals surface area contributed by atoms with Crippen LogP contribution in [0.1, 0.15) is 43.7 Å². The second-order valence-electron chi connectivity index (χ2n) is 4.45. The lowest BCUT2D eigenvalue weighted by atomic mass is 10.1. The normalized spacial score (nSPS) is 21.8. The van der Waals surface area contributed by atoms with E-state index in [1.54, 1.807) is 0 Å². The van der Waals surface area contributed by atoms with E-state index in [0.717, 1.165) is 43.9 Å². The minimum atomic E-state index is 0.429. The Morgan fingerprint density at radius 2 is 2.50 bits per heavy atom. The third-order valence-electron chi connectivity index (χ3n) is 3.19. The Kier molecular flexibility index (Phi) is 3.96. The molecule has 1 aromatic heterocycles. The van der Waals surface area contributed by atoms with Crippen molar-refractivity contribution in [3.63, 3.8) is 0 Å². The van der Waals surface area contributed by atoms with Gasteiger partial charge in [0.05, 0.1) is 6.04 Å². The zero-order chi connectivity index (χ0) is 11.4. The van der Waals surface area contributed by atoms with Crippen LogP contribution in [0.2, 0.25) is 0 Å². The zero-order valence-corrected chi connectivity index (χ0v) is 9.98. The highest BCUT2D eigenvalue weighted by molar-refractivity contribution is 5.11. The van der Waals surface area contributed by atoms with Gasteiger partial charge in [0.25, 0.3) is 0 Å². The molecule has 1 aliphatic rings. The topological polar surface area (TPSA) is 55.3 Å². The van der Waals surface area contributed by atoms with Crippen molar-refractivity contribution in [2.24, 2.45) is 5.73 Å². The van der Waals surface area contributed by atoms with E-state index in [0.29, 0.717) is 6.04 Å². The van der Waals surface area contributed by atoms with E-state index < -0.39 is 0 Å². The number of nitrogens with two attached hydrogens (primary N) is 1. The van der Waals surface area contributed by atoms with Crippen molar-refractivity contribution in [1.82, 2.24) is 10.1 Å². The van der Waals surface area contributed by atoms with Crippen molar-refractivity contribution >= 4 is 0 Å². The molecule has 4 nitrogen and oxygen atoms in total. The van der Waals surface area contributed by atoms with Gasteiger partial charge in [-0.05, 0) is 25.8 Å². The van der Waals surface area contributed by atoms with Gasteiger partial charge in [-0.15, -0.1) is 0 Å². The van der Waals surface area contributed by atoms with Crippen LogP contribution in [0.5, 0.6) is 0 Å². The molecule has 2 N–H and O–H groups in total. The Hall–Kier alpha value is -0.870. The minimum absolute atomic E-state index is 0.429. The molecule has 0 aromatic carbocycles. The van der Waals surface area contributed by atoms with Crippen LogP contribution in [0.4, 0.5) is 0 Å². The van der Waals surface area contributed by atoms with Gasteiger partial charge < -0.3 is 10.3 Å². The fourth-order valence-electron chi connectivity index (χ4n) is 2.44. The summed E-state index contributed by atoms with van der Waals surface area (Å²) in [6, 6.07) is 2.54. The molecule has 16 heavy (non-hydrogen) atoms. The zero-order valence-electron chi connectivity index (χ0n) is 9.98. The van der Waals surface area contributed by atoms with Gasteiger partial charge in [-0.1, -0.05) is 12.1 Å². The summed E-state index contributed by atoms with van der Waals surface area (Å²) in [6.07, 6.45) is 4.50. The average molecular weight is 223 g/mol. The van der Waals surface area contributed by atoms with Crippen LogP contribution < -0.4 is 5.73 Å². The lowest BCUT2D eigenvalue weighted by Gasteiger charge is -2.21. The van der Waals surface area contributed by atoms with Crippen molar-refractivity contribution in [3.8, 4) is 0 Å². The highest BCUT2D eigenvalue weighted by Crippen LogP contribution is 2.31. The number of nitrogens with zero attached hydrogens (tertiary/aromatic N) is 2. The largest absolute Gasteiger partial charge is 0.361 e. The number of hydrogen-bond acceptors (Lipinski definition) is 4. The number of rotatable bonds is 5. The van der Waals surface area contributed by atoms with Crippen molar-refractivity contribution in [2.45, 2.75) is 38.6 Å². The molecule has 1 atom stereocenters. The van der Waals surface area contributed by atoms with E-state index in [1.165, 1.54) is 12.8 Å². The molecule has 1 aliphatic heterocycles. The van der Waals surface area contributed by atoms with Crippen molar-refractivity contribution in [2.75, 3.05) is 19.6 Å². The maximum atomic E-state index is 5.62. The smallest absolute Gasteiger partial charge is 0.137 e. The summed E-state index contributed by atoms with van der Waals surface area (Å²) in [5.74, 6) is 1.01. The summed E-state index contributed by atoms with van der Waals surface area (Å²) < 4.78 is 5.34. The van der Waals surface area contributed by atoms with E-state index in [-0.39, 0.29) is 0 Å². The van der Waals surface area contributed by atoms with E-state index in [9.17, 15) is 0 Å². The first-order valence-electron chi connectivity index (χ1n) is 6.24. The van der Waals surface area contributed by atoms with Crippen molar-refractivity contribution in [3.05, 3.63) is 17.5 Å². The molecule has 0 saturated carbocycles. The molecular formula is C12H21N3O.